The second-order valence-corrected chi connectivity index (χ2v) is 6.99. The number of hydrogen-bond donors (Lipinski definition) is 2. The van der Waals surface area contributed by atoms with E-state index in [0.717, 1.165) is 4.57 Å². The van der Waals surface area contributed by atoms with E-state index in [1.165, 1.54) is 6.92 Å². The van der Waals surface area contributed by atoms with Crippen molar-refractivity contribution in [3.05, 3.63) is 96.1 Å². The molecule has 154 valence electrons. The Hall–Kier alpha value is -4.10. The van der Waals surface area contributed by atoms with Gasteiger partial charge in [-0.15, -0.1) is 10.2 Å². The first-order chi connectivity index (χ1) is 14.9. The second kappa shape index (κ2) is 7.97. The molecule has 7 nitrogen and oxygen atoms in total. The zero-order valence-electron chi connectivity index (χ0n) is 16.6. The molecule has 4 aromatic rings. The molecule has 1 amide bonds. The van der Waals surface area contributed by atoms with E-state index in [9.17, 15) is 19.8 Å². The Kier molecular flexibility index (Phi) is 5.19. The van der Waals surface area contributed by atoms with Gasteiger partial charge in [0.05, 0.1) is 5.52 Å². The number of aromatic hydroxyl groups is 1. The molecular weight excluding hydrogens is 394 g/mol. The lowest BCUT2D eigenvalue weighted by molar-refractivity contribution is -0.133. The van der Waals surface area contributed by atoms with Gasteiger partial charge in [0.25, 0.3) is 0 Å². The highest BCUT2D eigenvalue weighted by atomic mass is 16.3. The van der Waals surface area contributed by atoms with Gasteiger partial charge in [-0.3, -0.25) is 9.59 Å². The first-order valence-corrected chi connectivity index (χ1v) is 9.57. The fraction of sp³-hybridized carbons (Fsp3) is 0.0833. The highest BCUT2D eigenvalue weighted by molar-refractivity contribution is 6.02. The molecule has 31 heavy (non-hydrogen) atoms. The lowest BCUT2D eigenvalue weighted by Gasteiger charge is -2.25. The SMILES string of the molecule is CC(=O)n1c(O)c(N=NC(=O)C(O)(c2ccccc2)c2ccccc2)c2ccccc21. The molecule has 0 spiro atoms. The molecule has 0 aliphatic carbocycles. The number of carbonyl (C=O) groups is 2. The first kappa shape index (κ1) is 20.2. The minimum Gasteiger partial charge on any atom is -0.493 e. The van der Waals surface area contributed by atoms with Crippen molar-refractivity contribution in [3.63, 3.8) is 0 Å². The van der Waals surface area contributed by atoms with E-state index in [0.29, 0.717) is 22.0 Å². The maximum atomic E-state index is 13.2. The zero-order valence-corrected chi connectivity index (χ0v) is 16.6. The molecule has 3 aromatic carbocycles. The molecule has 0 unspecified atom stereocenters. The van der Waals surface area contributed by atoms with Gasteiger partial charge < -0.3 is 10.2 Å². The summed E-state index contributed by atoms with van der Waals surface area (Å²) in [4.78, 5) is 25.1. The van der Waals surface area contributed by atoms with Crippen LogP contribution in [0, 0.1) is 0 Å². The van der Waals surface area contributed by atoms with E-state index >= 15 is 0 Å². The van der Waals surface area contributed by atoms with Gasteiger partial charge in [0.15, 0.2) is 11.3 Å². The number of fused-ring (bicyclic) bond motifs is 1. The highest BCUT2D eigenvalue weighted by Gasteiger charge is 2.40. The number of carbonyl (C=O) groups excluding carboxylic acids is 2. The maximum Gasteiger partial charge on any atom is 0.305 e. The van der Waals surface area contributed by atoms with E-state index in [-0.39, 0.29) is 5.69 Å². The molecule has 1 heterocycles. The Morgan fingerprint density at radius 1 is 0.839 bits per heavy atom. The predicted molar refractivity (Wildman–Crippen MR) is 115 cm³/mol. The third-order valence-corrected chi connectivity index (χ3v) is 5.07. The van der Waals surface area contributed by atoms with E-state index < -0.39 is 23.3 Å². The number of hydrogen-bond acceptors (Lipinski definition) is 5. The van der Waals surface area contributed by atoms with Crippen molar-refractivity contribution in [2.75, 3.05) is 0 Å². The van der Waals surface area contributed by atoms with Crippen LogP contribution in [0.4, 0.5) is 5.69 Å². The summed E-state index contributed by atoms with van der Waals surface area (Å²) in [6, 6.07) is 23.6. The Balaban J connectivity index is 1.83. The van der Waals surface area contributed by atoms with Gasteiger partial charge in [0, 0.05) is 12.3 Å². The third kappa shape index (κ3) is 3.41. The summed E-state index contributed by atoms with van der Waals surface area (Å²) >= 11 is 0. The minimum absolute atomic E-state index is 0.0253. The maximum absolute atomic E-state index is 13.2. The Bertz CT molecular complexity index is 1260. The molecule has 0 saturated heterocycles. The van der Waals surface area contributed by atoms with Crippen LogP contribution in [0.3, 0.4) is 0 Å². The molecule has 1 aromatic heterocycles. The fourth-order valence-corrected chi connectivity index (χ4v) is 3.57. The summed E-state index contributed by atoms with van der Waals surface area (Å²) in [5.74, 6) is -1.76. The molecule has 0 aliphatic heterocycles. The monoisotopic (exact) mass is 413 g/mol. The molecule has 4 rings (SSSR count). The largest absolute Gasteiger partial charge is 0.493 e. The van der Waals surface area contributed by atoms with Gasteiger partial charge in [-0.2, -0.15) is 0 Å². The number of para-hydroxylation sites is 1. The van der Waals surface area contributed by atoms with Gasteiger partial charge in [0.1, 0.15) is 0 Å². The Morgan fingerprint density at radius 3 is 1.90 bits per heavy atom. The molecule has 7 heteroatoms. The van der Waals surface area contributed by atoms with Crippen molar-refractivity contribution < 1.29 is 19.8 Å². The van der Waals surface area contributed by atoms with Crippen LogP contribution in [-0.4, -0.2) is 26.6 Å². The molecule has 0 bridgehead atoms. The first-order valence-electron chi connectivity index (χ1n) is 9.57. The van der Waals surface area contributed by atoms with Crippen LogP contribution in [0.2, 0.25) is 0 Å². The number of azo groups is 1. The van der Waals surface area contributed by atoms with Gasteiger partial charge >= 0.3 is 5.91 Å². The number of aromatic nitrogens is 1. The van der Waals surface area contributed by atoms with Crippen molar-refractivity contribution in [3.8, 4) is 5.88 Å². The third-order valence-electron chi connectivity index (χ3n) is 5.07. The van der Waals surface area contributed by atoms with Crippen molar-refractivity contribution >= 4 is 28.4 Å². The standard InChI is InChI=1S/C24H19N3O4/c1-16(28)27-20-15-9-8-14-19(20)21(22(27)29)25-26-23(30)24(31,17-10-4-2-5-11-17)18-12-6-3-7-13-18/h2-15,29,31H,1H3. The summed E-state index contributed by atoms with van der Waals surface area (Å²) in [6.07, 6.45) is 0. The molecule has 0 fully saturated rings. The quantitative estimate of drug-likeness (QED) is 0.479. The van der Waals surface area contributed by atoms with Crippen molar-refractivity contribution in [2.45, 2.75) is 12.5 Å². The van der Waals surface area contributed by atoms with Crippen molar-refractivity contribution in [1.29, 1.82) is 0 Å². The number of amides is 1. The van der Waals surface area contributed by atoms with E-state index in [4.69, 9.17) is 0 Å². The molecule has 0 aliphatic rings. The van der Waals surface area contributed by atoms with Crippen LogP contribution in [0.15, 0.2) is 95.2 Å². The number of rotatable bonds is 4. The van der Waals surface area contributed by atoms with Crippen LogP contribution < -0.4 is 0 Å². The molecule has 0 radical (unpaired) electrons. The topological polar surface area (TPSA) is 104 Å². The lowest BCUT2D eigenvalue weighted by atomic mass is 9.86. The average Bonchev–Trinajstić information content (AvgIpc) is 3.09. The van der Waals surface area contributed by atoms with Gasteiger partial charge in [-0.1, -0.05) is 78.9 Å². The predicted octanol–water partition coefficient (Wildman–Crippen LogP) is 4.55. The molecule has 0 saturated carbocycles. The molecular formula is C24H19N3O4. The highest BCUT2D eigenvalue weighted by Crippen LogP contribution is 2.39. The van der Waals surface area contributed by atoms with Gasteiger partial charge in [-0.25, -0.2) is 4.57 Å². The van der Waals surface area contributed by atoms with Crippen molar-refractivity contribution in [1.82, 2.24) is 4.57 Å². The van der Waals surface area contributed by atoms with Gasteiger partial charge in [0.2, 0.25) is 11.8 Å². The normalized spacial score (nSPS) is 11.8. The van der Waals surface area contributed by atoms with Crippen LogP contribution in [0.5, 0.6) is 5.88 Å². The summed E-state index contributed by atoms with van der Waals surface area (Å²) in [7, 11) is 0. The summed E-state index contributed by atoms with van der Waals surface area (Å²) in [5, 5.41) is 30.2. The Morgan fingerprint density at radius 2 is 1.35 bits per heavy atom. The molecule has 2 N–H and O–H groups in total. The van der Waals surface area contributed by atoms with Gasteiger partial charge in [-0.05, 0) is 17.2 Å². The van der Waals surface area contributed by atoms with Crippen LogP contribution in [-0.2, 0) is 10.4 Å². The Labute approximate surface area is 177 Å². The fourth-order valence-electron chi connectivity index (χ4n) is 3.57. The summed E-state index contributed by atoms with van der Waals surface area (Å²) in [6.45, 7) is 1.31. The lowest BCUT2D eigenvalue weighted by Crippen LogP contribution is -2.35. The summed E-state index contributed by atoms with van der Waals surface area (Å²) in [5.41, 5.74) is -0.986. The minimum atomic E-state index is -2.07. The van der Waals surface area contributed by atoms with Crippen LogP contribution in [0.25, 0.3) is 10.9 Å². The number of benzene rings is 3. The summed E-state index contributed by atoms with van der Waals surface area (Å²) < 4.78 is 1.09. The smallest absolute Gasteiger partial charge is 0.305 e. The van der Waals surface area contributed by atoms with E-state index in [1.54, 1.807) is 84.9 Å². The van der Waals surface area contributed by atoms with Crippen LogP contribution >= 0.6 is 0 Å². The number of nitrogens with zero attached hydrogens (tertiary/aromatic N) is 3. The van der Waals surface area contributed by atoms with E-state index in [2.05, 4.69) is 10.2 Å². The molecule has 0 atom stereocenters. The number of aliphatic hydroxyl groups is 1. The van der Waals surface area contributed by atoms with Crippen LogP contribution in [0.1, 0.15) is 22.8 Å². The second-order valence-electron chi connectivity index (χ2n) is 6.99. The van der Waals surface area contributed by atoms with E-state index in [1.807, 2.05) is 0 Å². The van der Waals surface area contributed by atoms with Crippen molar-refractivity contribution in [2.24, 2.45) is 10.2 Å². The average molecular weight is 413 g/mol. The zero-order chi connectivity index (χ0) is 22.0.